The molecule has 4 fully saturated rings. The number of fused-ring (bicyclic) bond motifs is 6. The van der Waals surface area contributed by atoms with Crippen molar-refractivity contribution >= 4 is 41.4 Å². The molecule has 2 aliphatic heterocycles. The summed E-state index contributed by atoms with van der Waals surface area (Å²) in [7, 11) is 0. The fourth-order valence-electron chi connectivity index (χ4n) is 9.72. The van der Waals surface area contributed by atoms with Gasteiger partial charge >= 0.3 is 17.9 Å². The third-order valence-corrected chi connectivity index (χ3v) is 14.0. The molecule has 0 unspecified atom stereocenters. The normalized spacial score (nSPS) is 40.2. The number of amides is 1. The molecule has 0 spiro atoms. The molecule has 2 heterocycles. The van der Waals surface area contributed by atoms with E-state index in [1.54, 1.807) is 62.9 Å². The summed E-state index contributed by atoms with van der Waals surface area (Å²) in [6, 6.07) is 7.25. The first-order valence-corrected chi connectivity index (χ1v) is 20.2. The van der Waals surface area contributed by atoms with Crippen molar-refractivity contribution in [1.29, 1.82) is 0 Å². The van der Waals surface area contributed by atoms with Gasteiger partial charge in [-0.15, -0.1) is 0 Å². The SMILES string of the molecule is CC(=O)O[C@@]12CO[C@@H]1C[C@H](O)[C@@]1(C)C(=O)[C@H](O)C3=C(C)[C@@H]4C[C@@](O)([C@@H](OC(=O)CCCSCCCCC(=O)N[C@@H](c5ccccc5)[C@@H](O)C(=O)O4)[C@H]21)C3(C)C. The number of carbonyl (C=O) groups excluding carboxylic acids is 5. The van der Waals surface area contributed by atoms with Crippen molar-refractivity contribution in [2.45, 2.75) is 133 Å². The molecule has 14 nitrogen and oxygen atoms in total. The third-order valence-electron chi connectivity index (χ3n) is 12.8. The number of carbonyl (C=O) groups is 5. The van der Waals surface area contributed by atoms with Crippen molar-refractivity contribution in [1.82, 2.24) is 5.32 Å². The van der Waals surface area contributed by atoms with Gasteiger partial charge in [0.2, 0.25) is 5.91 Å². The molecule has 3 bridgehead atoms. The first kappa shape index (κ1) is 41.3. The molecule has 1 aromatic carbocycles. The summed E-state index contributed by atoms with van der Waals surface area (Å²) >= 11 is 1.60. The van der Waals surface area contributed by atoms with E-state index in [2.05, 4.69) is 5.32 Å². The summed E-state index contributed by atoms with van der Waals surface area (Å²) in [5.74, 6) is -3.98. The molecule has 1 amide bonds. The number of aliphatic hydroxyl groups excluding tert-OH is 3. The highest BCUT2D eigenvalue weighted by Gasteiger charge is 2.78. The molecular formula is C40H53NO13S. The van der Waals surface area contributed by atoms with E-state index in [-0.39, 0.29) is 42.9 Å². The Bertz CT molecular complexity index is 1720. The van der Waals surface area contributed by atoms with Crippen molar-refractivity contribution in [2.24, 2.45) is 16.7 Å². The maximum absolute atomic E-state index is 14.9. The molecule has 5 aliphatic rings. The fourth-order valence-corrected chi connectivity index (χ4v) is 10.7. The van der Waals surface area contributed by atoms with Crippen LogP contribution in [0.15, 0.2) is 41.5 Å². The minimum atomic E-state index is -2.26. The van der Waals surface area contributed by atoms with Crippen molar-refractivity contribution in [3.63, 3.8) is 0 Å². The minimum absolute atomic E-state index is 0.00793. The van der Waals surface area contributed by atoms with Crippen LogP contribution in [0.25, 0.3) is 0 Å². The first-order valence-electron chi connectivity index (χ1n) is 19.1. The van der Waals surface area contributed by atoms with Crippen molar-refractivity contribution in [2.75, 3.05) is 18.1 Å². The van der Waals surface area contributed by atoms with Gasteiger partial charge in [0.15, 0.2) is 17.5 Å². The number of esters is 3. The van der Waals surface area contributed by atoms with Crippen molar-refractivity contribution < 1.29 is 63.3 Å². The summed E-state index contributed by atoms with van der Waals surface area (Å²) in [5, 5.41) is 51.6. The average Bonchev–Trinajstić information content (AvgIpc) is 3.12. The lowest BCUT2D eigenvalue weighted by molar-refractivity contribution is -0.347. The monoisotopic (exact) mass is 787 g/mol. The summed E-state index contributed by atoms with van der Waals surface area (Å²) in [4.78, 5) is 68.7. The Labute approximate surface area is 324 Å². The molecule has 0 aromatic heterocycles. The van der Waals surface area contributed by atoms with Crippen LogP contribution >= 0.6 is 11.8 Å². The predicted octanol–water partition coefficient (Wildman–Crippen LogP) is 2.23. The second-order valence-corrected chi connectivity index (χ2v) is 17.6. The third kappa shape index (κ3) is 7.03. The van der Waals surface area contributed by atoms with E-state index in [0.717, 1.165) is 0 Å². The molecule has 6 rings (SSSR count). The van der Waals surface area contributed by atoms with Gasteiger partial charge < -0.3 is 44.7 Å². The van der Waals surface area contributed by atoms with Gasteiger partial charge in [-0.3, -0.25) is 19.2 Å². The zero-order chi connectivity index (χ0) is 40.1. The maximum atomic E-state index is 14.9. The summed E-state index contributed by atoms with van der Waals surface area (Å²) in [5.41, 5.74) is -6.77. The molecule has 3 aliphatic carbocycles. The summed E-state index contributed by atoms with van der Waals surface area (Å²) in [6.45, 7) is 7.07. The largest absolute Gasteiger partial charge is 0.459 e. The Morgan fingerprint density at radius 1 is 0.964 bits per heavy atom. The van der Waals surface area contributed by atoms with Crippen LogP contribution in [0.2, 0.25) is 0 Å². The highest BCUT2D eigenvalue weighted by atomic mass is 32.2. The van der Waals surface area contributed by atoms with Gasteiger partial charge in [0, 0.05) is 38.0 Å². The minimum Gasteiger partial charge on any atom is -0.459 e. The van der Waals surface area contributed by atoms with Gasteiger partial charge in [0.05, 0.1) is 30.1 Å². The first-order chi connectivity index (χ1) is 25.9. The summed E-state index contributed by atoms with van der Waals surface area (Å²) in [6.07, 6.45) is -8.22. The predicted molar refractivity (Wildman–Crippen MR) is 197 cm³/mol. The molecule has 1 aromatic rings. The Balaban J connectivity index is 1.51. The van der Waals surface area contributed by atoms with Crippen LogP contribution in [0.5, 0.6) is 0 Å². The number of benzene rings is 1. The standard InChI is InChI=1S/C40H53NO13S/c1-21-24-19-40(50)35(33-38(5,34(48)31(46)29(21)37(40,3)4)25(43)18-26-39(33,20-51-26)54-22(2)42)53-28(45)15-11-17-55-16-10-9-14-27(44)41-30(32(47)36(49)52-24)23-12-7-6-8-13-23/h6-8,12-13,24-26,30-33,35,43,46-47,50H,9-11,14-20H2,1-5H3,(H,41,44)/t24-,25-,26+,30-,31+,32+,33-,35-,38+,39-,40+/m0/s1. The fraction of sp³-hybridized carbons (Fsp3) is 0.675. The Morgan fingerprint density at radius 2 is 1.65 bits per heavy atom. The quantitative estimate of drug-likeness (QED) is 0.165. The van der Waals surface area contributed by atoms with Crippen LogP contribution in [-0.2, 0) is 42.9 Å². The van der Waals surface area contributed by atoms with E-state index in [9.17, 15) is 44.4 Å². The smallest absolute Gasteiger partial charge is 0.338 e. The van der Waals surface area contributed by atoms with Crippen LogP contribution in [0, 0.1) is 16.7 Å². The molecule has 2 saturated carbocycles. The molecule has 302 valence electrons. The maximum Gasteiger partial charge on any atom is 0.338 e. The Hall–Kier alpha value is -3.34. The molecule has 55 heavy (non-hydrogen) atoms. The second kappa shape index (κ2) is 15.5. The number of Topliss-reactive ketones (excluding diaryl/α,β-unsaturated/α-hetero) is 1. The van der Waals surface area contributed by atoms with E-state index in [0.29, 0.717) is 36.3 Å². The number of nitrogens with one attached hydrogen (secondary N) is 1. The second-order valence-electron chi connectivity index (χ2n) is 16.4. The molecular weight excluding hydrogens is 735 g/mol. The number of ketones is 1. The van der Waals surface area contributed by atoms with Crippen LogP contribution < -0.4 is 5.32 Å². The summed E-state index contributed by atoms with van der Waals surface area (Å²) < 4.78 is 24.1. The van der Waals surface area contributed by atoms with E-state index < -0.39 is 101 Å². The van der Waals surface area contributed by atoms with Gasteiger partial charge in [-0.1, -0.05) is 44.2 Å². The van der Waals surface area contributed by atoms with E-state index in [1.807, 2.05) is 0 Å². The van der Waals surface area contributed by atoms with Gasteiger partial charge in [-0.25, -0.2) is 4.79 Å². The van der Waals surface area contributed by atoms with Crippen LogP contribution in [0.3, 0.4) is 0 Å². The topological polar surface area (TPSA) is 215 Å². The zero-order valence-corrected chi connectivity index (χ0v) is 32.8. The zero-order valence-electron chi connectivity index (χ0n) is 31.9. The van der Waals surface area contributed by atoms with Crippen LogP contribution in [0.4, 0.5) is 0 Å². The molecule has 0 radical (unpaired) electrons. The molecule has 2 saturated heterocycles. The molecule has 5 N–H and O–H groups in total. The van der Waals surface area contributed by atoms with E-state index in [4.69, 9.17) is 18.9 Å². The van der Waals surface area contributed by atoms with E-state index >= 15 is 0 Å². The number of hydrogen-bond acceptors (Lipinski definition) is 14. The lowest BCUT2D eigenvalue weighted by Crippen LogP contribution is -2.81. The lowest BCUT2D eigenvalue weighted by Gasteiger charge is -2.67. The van der Waals surface area contributed by atoms with E-state index in [1.165, 1.54) is 13.8 Å². The highest BCUT2D eigenvalue weighted by molar-refractivity contribution is 7.99. The average molecular weight is 788 g/mol. The lowest BCUT2D eigenvalue weighted by atomic mass is 9.44. The van der Waals surface area contributed by atoms with Crippen molar-refractivity contribution in [3.05, 3.63) is 47.0 Å². The van der Waals surface area contributed by atoms with Crippen LogP contribution in [-0.4, -0.2) is 116 Å². The number of rotatable bonds is 2. The number of aliphatic hydroxyl groups is 4. The van der Waals surface area contributed by atoms with Gasteiger partial charge in [-0.05, 0) is 61.3 Å². The Morgan fingerprint density at radius 3 is 2.31 bits per heavy atom. The number of hydrogen-bond donors (Lipinski definition) is 5. The van der Waals surface area contributed by atoms with Gasteiger partial charge in [0.1, 0.15) is 30.0 Å². The Kier molecular flexibility index (Phi) is 11.7. The number of thioether (sulfide) groups is 1. The van der Waals surface area contributed by atoms with Crippen molar-refractivity contribution in [3.8, 4) is 0 Å². The van der Waals surface area contributed by atoms with Crippen LogP contribution in [0.1, 0.15) is 91.2 Å². The molecule has 15 heteroatoms. The number of ether oxygens (including phenoxy) is 4. The van der Waals surface area contributed by atoms with Gasteiger partial charge in [-0.2, -0.15) is 11.8 Å². The highest BCUT2D eigenvalue weighted by Crippen LogP contribution is 2.64. The molecule has 11 atom stereocenters. The van der Waals surface area contributed by atoms with Gasteiger partial charge in [0.25, 0.3) is 0 Å².